The number of halogens is 5. The van der Waals surface area contributed by atoms with Crippen molar-refractivity contribution in [2.45, 2.75) is 20.3 Å². The van der Waals surface area contributed by atoms with Gasteiger partial charge in [-0.05, 0) is 5.92 Å². The summed E-state index contributed by atoms with van der Waals surface area (Å²) in [5.74, 6) is 0.537. The summed E-state index contributed by atoms with van der Waals surface area (Å²) in [4.78, 5) is 0. The van der Waals surface area contributed by atoms with Crippen LogP contribution in [0.4, 0.5) is 12.1 Å². The number of rotatable bonds is 1. The summed E-state index contributed by atoms with van der Waals surface area (Å²) in [6.07, 6.45) is 0.681. The van der Waals surface area contributed by atoms with Crippen molar-refractivity contribution < 1.29 is 29.0 Å². The van der Waals surface area contributed by atoms with Crippen molar-refractivity contribution in [3.63, 3.8) is 0 Å². The summed E-state index contributed by atoms with van der Waals surface area (Å²) in [6.45, 7) is 4.06. The fourth-order valence-electron chi connectivity index (χ4n) is 0.183. The van der Waals surface area contributed by atoms with Crippen molar-refractivity contribution >= 4 is 9.19 Å². The first-order chi connectivity index (χ1) is 5.01. The maximum atomic E-state index is 10.3. The van der Waals surface area contributed by atoms with E-state index in [1.807, 2.05) is 13.8 Å². The standard InChI is InChI=1S/C5H9N.ClH.4FH.Nb/c1-5(2)3-4-6;;;;;;/h5H,3H2,1-2H3;5*1H;/q;;;;;;+5/p-5. The minimum absolute atomic E-state index is 0.537. The quantitative estimate of drug-likeness (QED) is 0.529. The third-order valence-electron chi connectivity index (χ3n) is 0.500. The molecule has 0 saturated carbocycles. The predicted octanol–water partition coefficient (Wildman–Crippen LogP) is 3.92. The van der Waals surface area contributed by atoms with E-state index >= 15 is 0 Å². The Hall–Kier alpha value is 0.240. The molecule has 0 spiro atoms. The van der Waals surface area contributed by atoms with Gasteiger partial charge in [0, 0.05) is 6.42 Å². The Balaban J connectivity index is 0. The molecule has 0 amide bonds. The van der Waals surface area contributed by atoms with E-state index < -0.39 is 16.9 Å². The normalized spacial score (nSPS) is 13.8. The molecule has 0 unspecified atom stereocenters. The predicted molar refractivity (Wildman–Crippen MR) is 35.4 cm³/mol. The van der Waals surface area contributed by atoms with Gasteiger partial charge in [-0.15, -0.1) is 0 Å². The maximum absolute atomic E-state index is 10.3. The molecule has 12 heavy (non-hydrogen) atoms. The van der Waals surface area contributed by atoms with Gasteiger partial charge in [0.25, 0.3) is 0 Å². The van der Waals surface area contributed by atoms with Crippen LogP contribution >= 0.6 is 9.19 Å². The van der Waals surface area contributed by atoms with Gasteiger partial charge in [-0.1, -0.05) is 13.8 Å². The average Bonchev–Trinajstić information content (AvgIpc) is 1.55. The fourth-order valence-corrected chi connectivity index (χ4v) is 0.183. The van der Waals surface area contributed by atoms with Gasteiger partial charge in [0.2, 0.25) is 0 Å². The van der Waals surface area contributed by atoms with Crippen LogP contribution in [-0.4, -0.2) is 0 Å². The molecule has 0 rings (SSSR count). The first kappa shape index (κ1) is 14.7. The van der Waals surface area contributed by atoms with Crippen LogP contribution in [-0.2, 0) is 16.9 Å². The first-order valence-corrected chi connectivity index (χ1v) is 9.14. The van der Waals surface area contributed by atoms with Gasteiger partial charge in [0.05, 0.1) is 6.07 Å². The Morgan fingerprint density at radius 2 is 1.58 bits per heavy atom. The van der Waals surface area contributed by atoms with Crippen LogP contribution in [0, 0.1) is 17.2 Å². The van der Waals surface area contributed by atoms with E-state index in [-0.39, 0.29) is 0 Å². The second-order valence-corrected chi connectivity index (χ2v) is 8.56. The molecule has 0 heterocycles. The van der Waals surface area contributed by atoms with E-state index in [2.05, 4.69) is 15.3 Å². The van der Waals surface area contributed by atoms with E-state index in [0.29, 0.717) is 12.3 Å². The molecule has 0 atom stereocenters. The summed E-state index contributed by atoms with van der Waals surface area (Å²) in [5, 5.41) is 7.99. The van der Waals surface area contributed by atoms with Crippen LogP contribution in [0.25, 0.3) is 0 Å². The monoisotopic (exact) mass is 287 g/mol. The third-order valence-corrected chi connectivity index (χ3v) is 0.500. The molecular formula is C5H9ClF4NNb. The second kappa shape index (κ2) is 5.07. The zero-order valence-corrected chi connectivity index (χ0v) is 9.52. The molecule has 0 aliphatic rings. The summed E-state index contributed by atoms with van der Waals surface area (Å²) in [5.41, 5.74) is 0. The van der Waals surface area contributed by atoms with E-state index in [0.717, 1.165) is 0 Å². The van der Waals surface area contributed by atoms with E-state index in [1.165, 1.54) is 0 Å². The third kappa shape index (κ3) is 83.3. The Morgan fingerprint density at radius 3 is 1.58 bits per heavy atom. The van der Waals surface area contributed by atoms with Crippen LogP contribution < -0.4 is 0 Å². The Morgan fingerprint density at radius 1 is 1.33 bits per heavy atom. The van der Waals surface area contributed by atoms with Crippen molar-refractivity contribution in [3.05, 3.63) is 0 Å². The number of nitrogens with zero attached hydrogens (tertiary/aromatic N) is 1. The van der Waals surface area contributed by atoms with Crippen molar-refractivity contribution in [1.82, 2.24) is 0 Å². The van der Waals surface area contributed by atoms with Gasteiger partial charge in [0.1, 0.15) is 0 Å². The van der Waals surface area contributed by atoms with Gasteiger partial charge in [0.15, 0.2) is 0 Å². The topological polar surface area (TPSA) is 23.8 Å². The first-order valence-electron chi connectivity index (χ1n) is 2.99. The second-order valence-electron chi connectivity index (χ2n) is 2.39. The van der Waals surface area contributed by atoms with Crippen molar-refractivity contribution in [3.8, 4) is 6.07 Å². The molecule has 0 fully saturated rings. The molecule has 0 N–H and O–H groups in total. The average molecular weight is 287 g/mol. The molecule has 0 bridgehead atoms. The van der Waals surface area contributed by atoms with Crippen LogP contribution in [0.2, 0.25) is 0 Å². The molecule has 1 nitrogen and oxygen atoms in total. The van der Waals surface area contributed by atoms with Gasteiger partial charge >= 0.3 is 38.2 Å². The van der Waals surface area contributed by atoms with Crippen molar-refractivity contribution in [2.24, 2.45) is 5.92 Å². The summed E-state index contributed by atoms with van der Waals surface area (Å²) in [6, 6.07) is 2.07. The Kier molecular flexibility index (Phi) is 6.24. The molecule has 0 aromatic rings. The summed E-state index contributed by atoms with van der Waals surface area (Å²) in [7, 11) is 3.32. The summed E-state index contributed by atoms with van der Waals surface area (Å²) < 4.78 is 41.4. The molecular weight excluding hydrogens is 278 g/mol. The number of hydrogen-bond acceptors (Lipinski definition) is 1. The van der Waals surface area contributed by atoms with Crippen molar-refractivity contribution in [1.29, 1.82) is 5.26 Å². The van der Waals surface area contributed by atoms with E-state index in [1.54, 1.807) is 0 Å². The number of nitriles is 1. The van der Waals surface area contributed by atoms with E-state index in [4.69, 9.17) is 5.26 Å². The molecule has 0 aliphatic carbocycles. The van der Waals surface area contributed by atoms with Gasteiger partial charge in [-0.2, -0.15) is 5.26 Å². The van der Waals surface area contributed by atoms with Crippen molar-refractivity contribution in [2.75, 3.05) is 0 Å². The van der Waals surface area contributed by atoms with Gasteiger partial charge < -0.3 is 0 Å². The molecule has 74 valence electrons. The van der Waals surface area contributed by atoms with Gasteiger partial charge in [-0.25, -0.2) is 0 Å². The van der Waals surface area contributed by atoms with Gasteiger partial charge in [-0.3, -0.25) is 0 Å². The van der Waals surface area contributed by atoms with Crippen LogP contribution in [0.3, 0.4) is 0 Å². The Bertz CT molecular complexity index is 152. The molecule has 0 aromatic heterocycles. The molecule has 7 heteroatoms. The zero-order chi connectivity index (χ0) is 10.4. The molecule has 0 radical (unpaired) electrons. The number of hydrogen-bond donors (Lipinski definition) is 0. The molecule has 0 aliphatic heterocycles. The summed E-state index contributed by atoms with van der Waals surface area (Å²) >= 11 is -8.22. The SMILES string of the molecule is CC(C)CC#N.[F][Nb]([F])([F])([F])[Cl]. The zero-order valence-electron chi connectivity index (χ0n) is 6.57. The van der Waals surface area contributed by atoms with E-state index in [9.17, 15) is 12.1 Å². The molecule has 0 aromatic carbocycles. The van der Waals surface area contributed by atoms with Crippen LogP contribution in [0.1, 0.15) is 20.3 Å². The van der Waals surface area contributed by atoms with Crippen LogP contribution in [0.5, 0.6) is 0 Å². The molecule has 0 saturated heterocycles. The fraction of sp³-hybridized carbons (Fsp3) is 0.800. The minimum atomic E-state index is -8.22. The Labute approximate surface area is 75.9 Å². The van der Waals surface area contributed by atoms with Crippen LogP contribution in [0.15, 0.2) is 0 Å².